The number of ether oxygens (including phenoxy) is 2. The van der Waals surface area contributed by atoms with Crippen LogP contribution in [0.25, 0.3) is 11.0 Å². The van der Waals surface area contributed by atoms with Crippen LogP contribution in [0.2, 0.25) is 5.02 Å². The minimum Gasteiger partial charge on any atom is -0.490 e. The second-order valence-corrected chi connectivity index (χ2v) is 8.97. The first-order valence-corrected chi connectivity index (χ1v) is 9.99. The molecule has 1 amide bonds. The molecule has 3 heterocycles. The van der Waals surface area contributed by atoms with Crippen molar-refractivity contribution in [1.82, 2.24) is 4.90 Å². The van der Waals surface area contributed by atoms with E-state index in [1.807, 2.05) is 37.8 Å². The number of piperidine rings is 1. The van der Waals surface area contributed by atoms with Crippen molar-refractivity contribution in [3.8, 4) is 5.75 Å². The SMILES string of the molecule is CC(C)(C)OC(=O)N1[C@@H]2CC[C@H]1CC(Oc1ccc3cc(Cl)c(=O)oc3c1)C2. The van der Waals surface area contributed by atoms with Crippen LogP contribution >= 0.6 is 11.6 Å². The number of carbonyl (C=O) groups is 1. The normalized spacial score (nSPS) is 24.4. The molecule has 0 saturated carbocycles. The van der Waals surface area contributed by atoms with E-state index in [0.29, 0.717) is 11.3 Å². The molecular formula is C21H24ClNO5. The Kier molecular flexibility index (Phi) is 4.78. The molecule has 2 saturated heterocycles. The minimum absolute atomic E-state index is 0.00709. The molecule has 7 heteroatoms. The van der Waals surface area contributed by atoms with Gasteiger partial charge in [0.2, 0.25) is 0 Å². The van der Waals surface area contributed by atoms with Crippen molar-refractivity contribution in [2.75, 3.05) is 0 Å². The van der Waals surface area contributed by atoms with Gasteiger partial charge in [0.1, 0.15) is 28.1 Å². The van der Waals surface area contributed by atoms with E-state index in [1.54, 1.807) is 12.1 Å². The van der Waals surface area contributed by atoms with E-state index in [2.05, 4.69) is 0 Å². The zero-order chi connectivity index (χ0) is 20.1. The van der Waals surface area contributed by atoms with Gasteiger partial charge in [0.05, 0.1) is 0 Å². The second kappa shape index (κ2) is 6.99. The number of nitrogens with zero attached hydrogens (tertiary/aromatic N) is 1. The Labute approximate surface area is 168 Å². The number of fused-ring (bicyclic) bond motifs is 3. The molecule has 2 fully saturated rings. The summed E-state index contributed by atoms with van der Waals surface area (Å²) < 4.78 is 17.0. The molecule has 2 aromatic rings. The van der Waals surface area contributed by atoms with Crippen LogP contribution in [0, 0.1) is 0 Å². The van der Waals surface area contributed by atoms with Gasteiger partial charge >= 0.3 is 11.7 Å². The minimum atomic E-state index is -0.560. The third-order valence-electron chi connectivity index (χ3n) is 5.26. The molecule has 1 aromatic carbocycles. The fourth-order valence-electron chi connectivity index (χ4n) is 4.17. The van der Waals surface area contributed by atoms with Gasteiger partial charge in [-0.05, 0) is 51.8 Å². The van der Waals surface area contributed by atoms with E-state index in [4.69, 9.17) is 25.5 Å². The third-order valence-corrected chi connectivity index (χ3v) is 5.53. The molecule has 2 bridgehead atoms. The number of rotatable bonds is 2. The smallest absolute Gasteiger partial charge is 0.410 e. The Morgan fingerprint density at radius 3 is 2.50 bits per heavy atom. The van der Waals surface area contributed by atoms with Crippen LogP contribution in [-0.4, -0.2) is 34.8 Å². The molecule has 2 aliphatic heterocycles. The van der Waals surface area contributed by atoms with Gasteiger partial charge in [-0.2, -0.15) is 0 Å². The van der Waals surface area contributed by atoms with Gasteiger partial charge in [-0.1, -0.05) is 11.6 Å². The fraction of sp³-hybridized carbons (Fsp3) is 0.524. The van der Waals surface area contributed by atoms with Crippen LogP contribution in [-0.2, 0) is 4.74 Å². The maximum Gasteiger partial charge on any atom is 0.410 e. The van der Waals surface area contributed by atoms with Crippen molar-refractivity contribution >= 4 is 28.7 Å². The Morgan fingerprint density at radius 2 is 1.86 bits per heavy atom. The van der Waals surface area contributed by atoms with E-state index in [0.717, 1.165) is 31.1 Å². The zero-order valence-electron chi connectivity index (χ0n) is 16.2. The third kappa shape index (κ3) is 3.83. The van der Waals surface area contributed by atoms with E-state index in [1.165, 1.54) is 0 Å². The van der Waals surface area contributed by atoms with E-state index in [-0.39, 0.29) is 29.3 Å². The molecule has 150 valence electrons. The number of hydrogen-bond acceptors (Lipinski definition) is 5. The number of halogens is 1. The maximum absolute atomic E-state index is 12.6. The molecule has 28 heavy (non-hydrogen) atoms. The Balaban J connectivity index is 1.47. The zero-order valence-corrected chi connectivity index (χ0v) is 17.0. The molecule has 1 aromatic heterocycles. The van der Waals surface area contributed by atoms with Crippen molar-refractivity contribution in [1.29, 1.82) is 0 Å². The van der Waals surface area contributed by atoms with Gasteiger partial charge < -0.3 is 18.8 Å². The first kappa shape index (κ1) is 19.1. The van der Waals surface area contributed by atoms with E-state index < -0.39 is 11.2 Å². The summed E-state index contributed by atoms with van der Waals surface area (Å²) in [5.74, 6) is 0.646. The summed E-state index contributed by atoms with van der Waals surface area (Å²) in [7, 11) is 0. The summed E-state index contributed by atoms with van der Waals surface area (Å²) in [4.78, 5) is 26.1. The molecule has 1 unspecified atom stereocenters. The Morgan fingerprint density at radius 1 is 1.18 bits per heavy atom. The summed E-state index contributed by atoms with van der Waals surface area (Å²) in [6.45, 7) is 5.65. The standard InChI is InChI=1S/C21H24ClNO5/c1-21(2,3)28-20(25)23-13-5-6-14(23)10-16(9-13)26-15-7-4-12-8-17(22)19(24)27-18(12)11-15/h4,7-8,11,13-14,16H,5-6,9-10H2,1-3H3/t13-,14+,16?. The highest BCUT2D eigenvalue weighted by Gasteiger charge is 2.45. The molecule has 0 N–H and O–H groups in total. The van der Waals surface area contributed by atoms with E-state index in [9.17, 15) is 9.59 Å². The van der Waals surface area contributed by atoms with Crippen molar-refractivity contribution in [3.63, 3.8) is 0 Å². The van der Waals surface area contributed by atoms with Gasteiger partial charge in [-0.25, -0.2) is 9.59 Å². The highest BCUT2D eigenvalue weighted by atomic mass is 35.5. The lowest BCUT2D eigenvalue weighted by atomic mass is 10.00. The number of benzene rings is 1. The Hall–Kier alpha value is -2.21. The summed E-state index contributed by atoms with van der Waals surface area (Å²) in [6.07, 6.45) is 3.23. The summed E-state index contributed by atoms with van der Waals surface area (Å²) >= 11 is 5.82. The predicted octanol–water partition coefficient (Wildman–Crippen LogP) is 4.76. The van der Waals surface area contributed by atoms with E-state index >= 15 is 0 Å². The average molecular weight is 406 g/mol. The highest BCUT2D eigenvalue weighted by Crippen LogP contribution is 2.38. The summed E-state index contributed by atoms with van der Waals surface area (Å²) in [5.41, 5.74) is -0.613. The highest BCUT2D eigenvalue weighted by molar-refractivity contribution is 6.30. The molecule has 4 rings (SSSR count). The molecule has 0 radical (unpaired) electrons. The lowest BCUT2D eigenvalue weighted by Gasteiger charge is -2.39. The van der Waals surface area contributed by atoms with Crippen molar-refractivity contribution in [2.45, 2.75) is 70.2 Å². The van der Waals surface area contributed by atoms with Gasteiger partial charge in [0.15, 0.2) is 0 Å². The van der Waals surface area contributed by atoms with Crippen LogP contribution in [0.5, 0.6) is 5.75 Å². The number of amides is 1. The average Bonchev–Trinajstić information content (AvgIpc) is 2.86. The fourth-order valence-corrected chi connectivity index (χ4v) is 4.32. The number of hydrogen-bond donors (Lipinski definition) is 0. The first-order valence-electron chi connectivity index (χ1n) is 9.61. The number of carbonyl (C=O) groups excluding carboxylic acids is 1. The summed E-state index contributed by atoms with van der Waals surface area (Å²) in [5, 5.41) is 0.809. The topological polar surface area (TPSA) is 69.0 Å². The molecule has 3 atom stereocenters. The van der Waals surface area contributed by atoms with Crippen LogP contribution in [0.15, 0.2) is 33.5 Å². The lowest BCUT2D eigenvalue weighted by molar-refractivity contribution is -0.00705. The second-order valence-electron chi connectivity index (χ2n) is 8.57. The Bertz CT molecular complexity index is 949. The van der Waals surface area contributed by atoms with Crippen LogP contribution in [0.4, 0.5) is 4.79 Å². The van der Waals surface area contributed by atoms with Gasteiger partial charge in [0, 0.05) is 36.4 Å². The molecule has 0 spiro atoms. The summed E-state index contributed by atoms with van der Waals surface area (Å²) in [6, 6.07) is 7.25. The van der Waals surface area contributed by atoms with Gasteiger partial charge in [-0.15, -0.1) is 0 Å². The van der Waals surface area contributed by atoms with Crippen LogP contribution in [0.1, 0.15) is 46.5 Å². The molecule has 0 aliphatic carbocycles. The maximum atomic E-state index is 12.6. The van der Waals surface area contributed by atoms with Crippen molar-refractivity contribution < 1.29 is 18.7 Å². The lowest BCUT2D eigenvalue weighted by Crippen LogP contribution is -2.50. The largest absolute Gasteiger partial charge is 0.490 e. The first-order chi connectivity index (χ1) is 13.2. The molecule has 6 nitrogen and oxygen atoms in total. The van der Waals surface area contributed by atoms with Crippen LogP contribution < -0.4 is 10.4 Å². The van der Waals surface area contributed by atoms with Gasteiger partial charge in [0.25, 0.3) is 0 Å². The molecule has 2 aliphatic rings. The monoisotopic (exact) mass is 405 g/mol. The molecular weight excluding hydrogens is 382 g/mol. The van der Waals surface area contributed by atoms with Crippen molar-refractivity contribution in [2.24, 2.45) is 0 Å². The predicted molar refractivity (Wildman–Crippen MR) is 106 cm³/mol. The van der Waals surface area contributed by atoms with Crippen LogP contribution in [0.3, 0.4) is 0 Å². The quantitative estimate of drug-likeness (QED) is 0.674. The van der Waals surface area contributed by atoms with Crippen molar-refractivity contribution in [3.05, 3.63) is 39.7 Å². The van der Waals surface area contributed by atoms with Gasteiger partial charge in [-0.3, -0.25) is 0 Å².